The van der Waals surface area contributed by atoms with Crippen LogP contribution in [0.25, 0.3) is 0 Å². The quantitative estimate of drug-likeness (QED) is 0.778. The zero-order chi connectivity index (χ0) is 9.97. The van der Waals surface area contributed by atoms with E-state index in [0.29, 0.717) is 6.61 Å². The van der Waals surface area contributed by atoms with Gasteiger partial charge in [-0.15, -0.1) is 0 Å². The summed E-state index contributed by atoms with van der Waals surface area (Å²) in [5.41, 5.74) is 2.31. The Morgan fingerprint density at radius 3 is 3.14 bits per heavy atom. The fraction of sp³-hybridized carbons (Fsp3) is 0.400. The van der Waals surface area contributed by atoms with E-state index in [1.807, 2.05) is 12.1 Å². The van der Waals surface area contributed by atoms with Crippen molar-refractivity contribution in [3.8, 4) is 5.75 Å². The highest BCUT2D eigenvalue weighted by Gasteiger charge is 2.17. The summed E-state index contributed by atoms with van der Waals surface area (Å²) in [6, 6.07) is 3.77. The molecule has 0 spiro atoms. The molecule has 76 valence electrons. The topological polar surface area (TPSA) is 44.5 Å². The van der Waals surface area contributed by atoms with E-state index < -0.39 is 0 Å². The Bertz CT molecular complexity index is 341. The predicted molar refractivity (Wildman–Crippen MR) is 54.5 cm³/mol. The third kappa shape index (κ3) is 1.71. The van der Waals surface area contributed by atoms with Crippen LogP contribution in [-0.2, 0) is 17.7 Å². The maximum Gasteiger partial charge on any atom is 0.123 e. The average Bonchev–Trinajstić information content (AvgIpc) is 2.64. The highest BCUT2D eigenvalue weighted by Crippen LogP contribution is 2.33. The second-order valence-electron chi connectivity index (χ2n) is 3.22. The summed E-state index contributed by atoms with van der Waals surface area (Å²) in [6.07, 6.45) is 1.66. The summed E-state index contributed by atoms with van der Waals surface area (Å²) in [5, 5.41) is 0.770. The van der Waals surface area contributed by atoms with Crippen LogP contribution in [0.4, 0.5) is 0 Å². The van der Waals surface area contributed by atoms with Crippen LogP contribution < -0.4 is 10.6 Å². The van der Waals surface area contributed by atoms with E-state index in [4.69, 9.17) is 22.2 Å². The van der Waals surface area contributed by atoms with Crippen LogP contribution in [0.3, 0.4) is 0 Å². The molecular formula is C10H12ClNO2. The minimum Gasteiger partial charge on any atom is -0.493 e. The van der Waals surface area contributed by atoms with Gasteiger partial charge in [0.25, 0.3) is 0 Å². The molecule has 1 heterocycles. The summed E-state index contributed by atoms with van der Waals surface area (Å²) in [5.74, 6) is 5.94. The van der Waals surface area contributed by atoms with E-state index in [1.54, 1.807) is 0 Å². The lowest BCUT2D eigenvalue weighted by molar-refractivity contribution is 0.141. The summed E-state index contributed by atoms with van der Waals surface area (Å²) >= 11 is 6.09. The zero-order valence-corrected chi connectivity index (χ0v) is 8.51. The van der Waals surface area contributed by atoms with Crippen molar-refractivity contribution >= 4 is 11.6 Å². The van der Waals surface area contributed by atoms with E-state index in [0.717, 1.165) is 35.8 Å². The van der Waals surface area contributed by atoms with E-state index in [9.17, 15) is 0 Å². The summed E-state index contributed by atoms with van der Waals surface area (Å²) in [4.78, 5) is 4.56. The van der Waals surface area contributed by atoms with E-state index >= 15 is 0 Å². The van der Waals surface area contributed by atoms with Crippen molar-refractivity contribution in [3.63, 3.8) is 0 Å². The molecule has 2 N–H and O–H groups in total. The van der Waals surface area contributed by atoms with Gasteiger partial charge in [-0.25, -0.2) is 5.90 Å². The van der Waals surface area contributed by atoms with Crippen molar-refractivity contribution in [3.05, 3.63) is 28.3 Å². The zero-order valence-electron chi connectivity index (χ0n) is 7.75. The first kappa shape index (κ1) is 9.77. The Morgan fingerprint density at radius 2 is 2.36 bits per heavy atom. The summed E-state index contributed by atoms with van der Waals surface area (Å²) in [7, 11) is 0. The molecule has 0 aromatic heterocycles. The molecule has 0 unspecified atom stereocenters. The van der Waals surface area contributed by atoms with E-state index in [-0.39, 0.29) is 0 Å². The van der Waals surface area contributed by atoms with Gasteiger partial charge in [-0.2, -0.15) is 0 Å². The summed E-state index contributed by atoms with van der Waals surface area (Å²) in [6.45, 7) is 1.22. The fourth-order valence-electron chi connectivity index (χ4n) is 1.75. The number of rotatable bonds is 3. The number of hydrogen-bond acceptors (Lipinski definition) is 3. The van der Waals surface area contributed by atoms with Crippen LogP contribution in [0.1, 0.15) is 11.1 Å². The number of halogens is 1. The maximum atomic E-state index is 6.09. The number of nitrogens with two attached hydrogens (primary N) is 1. The highest BCUT2D eigenvalue weighted by molar-refractivity contribution is 6.31. The normalized spacial score (nSPS) is 13.9. The molecule has 0 saturated carbocycles. The molecule has 0 aliphatic carbocycles. The number of benzene rings is 1. The smallest absolute Gasteiger partial charge is 0.123 e. The number of hydrogen-bond donors (Lipinski definition) is 1. The minimum absolute atomic E-state index is 0.482. The van der Waals surface area contributed by atoms with Gasteiger partial charge in [0.15, 0.2) is 0 Å². The first-order chi connectivity index (χ1) is 6.83. The molecule has 0 amide bonds. The van der Waals surface area contributed by atoms with Crippen LogP contribution in [0.2, 0.25) is 5.02 Å². The number of fused-ring (bicyclic) bond motifs is 1. The van der Waals surface area contributed by atoms with Gasteiger partial charge in [0.05, 0.1) is 13.2 Å². The van der Waals surface area contributed by atoms with Gasteiger partial charge >= 0.3 is 0 Å². The molecule has 0 radical (unpaired) electrons. The third-order valence-electron chi connectivity index (χ3n) is 2.41. The Balaban J connectivity index is 2.31. The molecule has 1 aromatic rings. The van der Waals surface area contributed by atoms with Crippen molar-refractivity contribution in [2.75, 3.05) is 13.2 Å². The van der Waals surface area contributed by atoms with Crippen molar-refractivity contribution in [1.82, 2.24) is 0 Å². The first-order valence-corrected chi connectivity index (χ1v) is 4.95. The average molecular weight is 214 g/mol. The molecular weight excluding hydrogens is 202 g/mol. The standard InChI is InChI=1S/C10H12ClNO2/c11-9-1-2-10-8(3-5-13-10)7(9)4-6-14-12/h1-2H,3-6,12H2. The Morgan fingerprint density at radius 1 is 1.50 bits per heavy atom. The Hall–Kier alpha value is -0.770. The van der Waals surface area contributed by atoms with Crippen molar-refractivity contribution in [2.45, 2.75) is 12.8 Å². The molecule has 1 aliphatic rings. The number of ether oxygens (including phenoxy) is 1. The molecule has 4 heteroatoms. The second kappa shape index (κ2) is 4.17. The molecule has 3 nitrogen and oxygen atoms in total. The lowest BCUT2D eigenvalue weighted by Crippen LogP contribution is -2.05. The molecule has 2 rings (SSSR count). The monoisotopic (exact) mass is 213 g/mol. The minimum atomic E-state index is 0.482. The van der Waals surface area contributed by atoms with Crippen LogP contribution in [0.5, 0.6) is 5.75 Å². The fourth-order valence-corrected chi connectivity index (χ4v) is 2.02. The lowest BCUT2D eigenvalue weighted by Gasteiger charge is -2.08. The van der Waals surface area contributed by atoms with Crippen molar-refractivity contribution < 1.29 is 9.57 Å². The second-order valence-corrected chi connectivity index (χ2v) is 3.63. The summed E-state index contributed by atoms with van der Waals surface area (Å²) < 4.78 is 5.44. The van der Waals surface area contributed by atoms with E-state index in [1.165, 1.54) is 5.56 Å². The van der Waals surface area contributed by atoms with Crippen molar-refractivity contribution in [1.29, 1.82) is 0 Å². The molecule has 1 aromatic carbocycles. The van der Waals surface area contributed by atoms with Crippen LogP contribution >= 0.6 is 11.6 Å². The molecule has 14 heavy (non-hydrogen) atoms. The molecule has 0 bridgehead atoms. The van der Waals surface area contributed by atoms with Gasteiger partial charge in [0.1, 0.15) is 5.75 Å². The lowest BCUT2D eigenvalue weighted by atomic mass is 10.0. The largest absolute Gasteiger partial charge is 0.493 e. The third-order valence-corrected chi connectivity index (χ3v) is 2.76. The van der Waals surface area contributed by atoms with Gasteiger partial charge in [-0.3, -0.25) is 0 Å². The van der Waals surface area contributed by atoms with Crippen molar-refractivity contribution in [2.24, 2.45) is 5.90 Å². The van der Waals surface area contributed by atoms with Gasteiger partial charge in [0, 0.05) is 17.0 Å². The SMILES string of the molecule is NOCCc1c(Cl)ccc2c1CCO2. The van der Waals surface area contributed by atoms with Crippen LogP contribution in [-0.4, -0.2) is 13.2 Å². The van der Waals surface area contributed by atoms with Gasteiger partial charge in [0.2, 0.25) is 0 Å². The van der Waals surface area contributed by atoms with Crippen LogP contribution in [0.15, 0.2) is 12.1 Å². The molecule has 0 atom stereocenters. The van der Waals surface area contributed by atoms with Gasteiger partial charge < -0.3 is 9.57 Å². The Labute approximate surface area is 87.7 Å². The Kier molecular flexibility index (Phi) is 2.91. The predicted octanol–water partition coefficient (Wildman–Crippen LogP) is 1.71. The molecule has 0 fully saturated rings. The van der Waals surface area contributed by atoms with Crippen LogP contribution in [0, 0.1) is 0 Å². The molecule has 0 saturated heterocycles. The van der Waals surface area contributed by atoms with Gasteiger partial charge in [-0.05, 0) is 24.1 Å². The highest BCUT2D eigenvalue weighted by atomic mass is 35.5. The van der Waals surface area contributed by atoms with Gasteiger partial charge in [-0.1, -0.05) is 11.6 Å². The maximum absolute atomic E-state index is 6.09. The first-order valence-electron chi connectivity index (χ1n) is 4.57. The van der Waals surface area contributed by atoms with E-state index in [2.05, 4.69) is 4.84 Å². The molecule has 1 aliphatic heterocycles.